The number of sulfonamides is 1. The van der Waals surface area contributed by atoms with E-state index in [1.54, 1.807) is 17.0 Å². The van der Waals surface area contributed by atoms with Crippen molar-refractivity contribution in [1.29, 1.82) is 0 Å². The van der Waals surface area contributed by atoms with Gasteiger partial charge in [-0.3, -0.25) is 9.59 Å². The summed E-state index contributed by atoms with van der Waals surface area (Å²) < 4.78 is 42.5. The van der Waals surface area contributed by atoms with E-state index in [2.05, 4.69) is 0 Å². The molecular formula is C28H37FN2O4S2. The number of thiophene rings is 1. The summed E-state index contributed by atoms with van der Waals surface area (Å²) in [5.74, 6) is -0.652. The number of carbonyl (C=O) groups excluding carboxylic acids is 2. The second-order valence-electron chi connectivity index (χ2n) is 11.6. The van der Waals surface area contributed by atoms with Crippen molar-refractivity contribution in [2.45, 2.75) is 60.0 Å². The molecule has 2 atom stereocenters. The van der Waals surface area contributed by atoms with Gasteiger partial charge in [0.05, 0.1) is 18.8 Å². The molecule has 2 unspecified atom stereocenters. The molecule has 6 nitrogen and oxygen atoms in total. The highest BCUT2D eigenvalue weighted by atomic mass is 32.2. The van der Waals surface area contributed by atoms with Gasteiger partial charge in [0.15, 0.2) is 0 Å². The Morgan fingerprint density at radius 3 is 2.41 bits per heavy atom. The Hall–Kier alpha value is -2.10. The van der Waals surface area contributed by atoms with Crippen molar-refractivity contribution in [1.82, 2.24) is 9.21 Å². The molecule has 2 fully saturated rings. The van der Waals surface area contributed by atoms with Gasteiger partial charge in [-0.05, 0) is 59.2 Å². The number of benzene rings is 1. The maximum atomic E-state index is 13.9. The van der Waals surface area contributed by atoms with E-state index in [1.165, 1.54) is 27.8 Å². The van der Waals surface area contributed by atoms with Crippen LogP contribution in [0.3, 0.4) is 0 Å². The normalized spacial score (nSPS) is 22.8. The number of amides is 1. The maximum Gasteiger partial charge on any atom is 0.238 e. The van der Waals surface area contributed by atoms with Gasteiger partial charge >= 0.3 is 0 Å². The van der Waals surface area contributed by atoms with Crippen LogP contribution in [0.1, 0.15) is 57.4 Å². The number of halogens is 1. The monoisotopic (exact) mass is 548 g/mol. The quantitative estimate of drug-likeness (QED) is 0.392. The van der Waals surface area contributed by atoms with E-state index >= 15 is 0 Å². The van der Waals surface area contributed by atoms with Crippen LogP contribution in [0.2, 0.25) is 0 Å². The van der Waals surface area contributed by atoms with Crippen LogP contribution in [0.4, 0.5) is 4.39 Å². The van der Waals surface area contributed by atoms with Crippen molar-refractivity contribution in [3.05, 3.63) is 58.0 Å². The lowest BCUT2D eigenvalue weighted by molar-refractivity contribution is -0.132. The molecule has 1 heterocycles. The van der Waals surface area contributed by atoms with Gasteiger partial charge in [0.1, 0.15) is 11.6 Å². The highest BCUT2D eigenvalue weighted by molar-refractivity contribution is 7.89. The van der Waals surface area contributed by atoms with Crippen LogP contribution >= 0.6 is 11.3 Å². The van der Waals surface area contributed by atoms with Crippen LogP contribution in [-0.2, 0) is 32.7 Å². The van der Waals surface area contributed by atoms with Gasteiger partial charge in [0.2, 0.25) is 15.9 Å². The highest BCUT2D eigenvalue weighted by Crippen LogP contribution is 2.64. The average molecular weight is 549 g/mol. The van der Waals surface area contributed by atoms with Crippen LogP contribution in [0.25, 0.3) is 0 Å². The Balaban J connectivity index is 1.58. The minimum Gasteiger partial charge on any atom is -0.332 e. The first-order valence-corrected chi connectivity index (χ1v) is 15.4. The van der Waals surface area contributed by atoms with Crippen molar-refractivity contribution >= 4 is 33.1 Å². The molecule has 1 aromatic carbocycles. The molecule has 2 aromatic rings. The SMILES string of the molecule is CC(C)CN(CC(=O)N(Cc1ccc(F)cc1)Cc1cccs1)S(=O)(=O)CC12CCC(CC1=O)C2(C)C. The molecule has 0 radical (unpaired) electrons. The summed E-state index contributed by atoms with van der Waals surface area (Å²) >= 11 is 1.52. The molecular weight excluding hydrogens is 511 g/mol. The summed E-state index contributed by atoms with van der Waals surface area (Å²) in [4.78, 5) is 29.3. The number of rotatable bonds is 11. The Kier molecular flexibility index (Phi) is 7.98. The number of fused-ring (bicyclic) bond motifs is 2. The van der Waals surface area contributed by atoms with Crippen LogP contribution in [-0.4, -0.2) is 48.2 Å². The number of carbonyl (C=O) groups is 2. The number of nitrogens with zero attached hydrogens (tertiary/aromatic N) is 2. The van der Waals surface area contributed by atoms with Gasteiger partial charge in [-0.2, -0.15) is 4.31 Å². The van der Waals surface area contributed by atoms with E-state index in [-0.39, 0.29) is 60.1 Å². The van der Waals surface area contributed by atoms with Gasteiger partial charge < -0.3 is 4.90 Å². The third kappa shape index (κ3) is 5.68. The summed E-state index contributed by atoms with van der Waals surface area (Å²) in [6, 6.07) is 9.82. The van der Waals surface area contributed by atoms with Crippen LogP contribution in [0, 0.1) is 28.5 Å². The number of Topliss-reactive ketones (excluding diaryl/α,β-unsaturated/α-hetero) is 1. The fourth-order valence-corrected chi connectivity index (χ4v) is 9.11. The molecule has 37 heavy (non-hydrogen) atoms. The van der Waals surface area contributed by atoms with E-state index in [0.29, 0.717) is 19.4 Å². The second-order valence-corrected chi connectivity index (χ2v) is 14.6. The van der Waals surface area contributed by atoms with Crippen molar-refractivity contribution in [2.75, 3.05) is 18.8 Å². The molecule has 2 saturated carbocycles. The molecule has 0 spiro atoms. The zero-order valence-corrected chi connectivity index (χ0v) is 23.7. The molecule has 0 N–H and O–H groups in total. The van der Waals surface area contributed by atoms with Crippen molar-refractivity contribution < 1.29 is 22.4 Å². The summed E-state index contributed by atoms with van der Waals surface area (Å²) in [5, 5.41) is 1.93. The summed E-state index contributed by atoms with van der Waals surface area (Å²) in [7, 11) is -3.90. The smallest absolute Gasteiger partial charge is 0.238 e. The van der Waals surface area contributed by atoms with Crippen molar-refractivity contribution in [3.8, 4) is 0 Å². The third-order valence-corrected chi connectivity index (χ3v) is 11.2. The lowest BCUT2D eigenvalue weighted by atomic mass is 9.70. The number of hydrogen-bond donors (Lipinski definition) is 0. The lowest BCUT2D eigenvalue weighted by Crippen LogP contribution is -2.50. The lowest BCUT2D eigenvalue weighted by Gasteiger charge is -2.38. The first-order valence-electron chi connectivity index (χ1n) is 12.9. The van der Waals surface area contributed by atoms with E-state index < -0.39 is 15.4 Å². The van der Waals surface area contributed by atoms with Crippen LogP contribution in [0.15, 0.2) is 41.8 Å². The van der Waals surface area contributed by atoms with Crippen molar-refractivity contribution in [2.24, 2.45) is 22.7 Å². The zero-order chi connectivity index (χ0) is 27.0. The molecule has 2 aliphatic rings. The first-order chi connectivity index (χ1) is 17.3. The largest absolute Gasteiger partial charge is 0.332 e. The molecule has 0 saturated heterocycles. The van der Waals surface area contributed by atoms with Crippen molar-refractivity contribution in [3.63, 3.8) is 0 Å². The van der Waals surface area contributed by atoms with Gasteiger partial charge in [0.25, 0.3) is 0 Å². The predicted molar refractivity (Wildman–Crippen MR) is 144 cm³/mol. The average Bonchev–Trinajstić information content (AvgIpc) is 3.45. The van der Waals surface area contributed by atoms with Gasteiger partial charge in [0, 0.05) is 29.8 Å². The topological polar surface area (TPSA) is 74.8 Å². The fourth-order valence-electron chi connectivity index (χ4n) is 6.08. The predicted octanol–water partition coefficient (Wildman–Crippen LogP) is 5.10. The Labute approximate surface area is 223 Å². The minimum atomic E-state index is -3.90. The van der Waals surface area contributed by atoms with Gasteiger partial charge in [-0.15, -0.1) is 11.3 Å². The summed E-state index contributed by atoms with van der Waals surface area (Å²) in [6.07, 6.45) is 1.89. The highest BCUT2D eigenvalue weighted by Gasteiger charge is 2.65. The number of hydrogen-bond acceptors (Lipinski definition) is 5. The third-order valence-electron chi connectivity index (χ3n) is 8.41. The zero-order valence-electron chi connectivity index (χ0n) is 22.1. The second kappa shape index (κ2) is 10.6. The molecule has 1 aromatic heterocycles. The fraction of sp³-hybridized carbons (Fsp3) is 0.571. The Morgan fingerprint density at radius 2 is 1.86 bits per heavy atom. The van der Waals surface area contributed by atoms with E-state index in [0.717, 1.165) is 16.9 Å². The Morgan fingerprint density at radius 1 is 1.16 bits per heavy atom. The van der Waals surface area contributed by atoms with Gasteiger partial charge in [-0.25, -0.2) is 12.8 Å². The summed E-state index contributed by atoms with van der Waals surface area (Å²) in [5.41, 5.74) is -0.503. The molecule has 4 rings (SSSR count). The standard InChI is InChI=1S/C28H37FN2O4S2/c1-20(2)15-31(37(34,35)19-28-12-11-22(14-25(28)32)27(28,3)4)18-26(33)30(17-24-6-5-13-36-24)16-21-7-9-23(29)10-8-21/h5-10,13,20,22H,11-12,14-19H2,1-4H3. The van der Waals surface area contributed by atoms with E-state index in [4.69, 9.17) is 0 Å². The number of ketones is 1. The molecule has 2 aliphatic carbocycles. The first kappa shape index (κ1) is 27.9. The maximum absolute atomic E-state index is 13.9. The van der Waals surface area contributed by atoms with Crippen LogP contribution < -0.4 is 0 Å². The van der Waals surface area contributed by atoms with E-state index in [1.807, 2.05) is 45.2 Å². The molecule has 9 heteroatoms. The Bertz CT molecular complexity index is 1230. The molecule has 202 valence electrons. The molecule has 0 aliphatic heterocycles. The molecule has 2 bridgehead atoms. The van der Waals surface area contributed by atoms with Crippen LogP contribution in [0.5, 0.6) is 0 Å². The molecule has 1 amide bonds. The van der Waals surface area contributed by atoms with Gasteiger partial charge in [-0.1, -0.05) is 45.9 Å². The summed E-state index contributed by atoms with van der Waals surface area (Å²) in [6.45, 7) is 8.37. The van der Waals surface area contributed by atoms with E-state index in [9.17, 15) is 22.4 Å². The minimum absolute atomic E-state index is 0.00605.